The highest BCUT2D eigenvalue weighted by Gasteiger charge is 2.41. The van der Waals surface area contributed by atoms with Crippen LogP contribution in [0.3, 0.4) is 0 Å². The number of piperidine rings is 1. The van der Waals surface area contributed by atoms with E-state index in [1.807, 2.05) is 11.8 Å². The summed E-state index contributed by atoms with van der Waals surface area (Å²) in [6.45, 7) is 4.33. The zero-order chi connectivity index (χ0) is 27.3. The lowest BCUT2D eigenvalue weighted by Crippen LogP contribution is -2.56. The van der Waals surface area contributed by atoms with Crippen molar-refractivity contribution in [3.05, 3.63) is 59.7 Å². The van der Waals surface area contributed by atoms with Crippen LogP contribution in [0.25, 0.3) is 0 Å². The molecule has 2 fully saturated rings. The summed E-state index contributed by atoms with van der Waals surface area (Å²) >= 11 is 0. The molecule has 0 bridgehead atoms. The normalized spacial score (nSPS) is 22.3. The molecule has 2 aliphatic heterocycles. The standard InChI is InChI=1S/C28H37F2N3O5/c1-21-3-5-22(6-4-21)32-11-9-27(35,10-12-32)17-31-13-14-33(26(34)16-37-2)19-28(36,18-31)20-38-23-7-8-24(29)25(30)15-23/h3-8,15,35-36H,9-14,16-20H2,1-2H3. The van der Waals surface area contributed by atoms with E-state index >= 15 is 0 Å². The zero-order valence-corrected chi connectivity index (χ0v) is 22.0. The first-order chi connectivity index (χ1) is 18.1. The number of β-amino-alcohol motifs (C(OH)–C–C–N with tert-alkyl or cyclic N) is 2. The third kappa shape index (κ3) is 7.19. The van der Waals surface area contributed by atoms with Crippen LogP contribution in [-0.2, 0) is 9.53 Å². The topological polar surface area (TPSA) is 85.7 Å². The van der Waals surface area contributed by atoms with Crippen molar-refractivity contribution in [3.8, 4) is 5.75 Å². The lowest BCUT2D eigenvalue weighted by molar-refractivity contribution is -0.138. The van der Waals surface area contributed by atoms with Gasteiger partial charge in [0.15, 0.2) is 11.6 Å². The Morgan fingerprint density at radius 3 is 2.32 bits per heavy atom. The number of ether oxygens (including phenoxy) is 2. The average molecular weight is 534 g/mol. The van der Waals surface area contributed by atoms with Gasteiger partial charge < -0.3 is 29.5 Å². The molecule has 2 aliphatic rings. The van der Waals surface area contributed by atoms with Crippen LogP contribution in [0.4, 0.5) is 14.5 Å². The Morgan fingerprint density at radius 2 is 1.66 bits per heavy atom. The van der Waals surface area contributed by atoms with Crippen LogP contribution in [-0.4, -0.2) is 103 Å². The molecule has 208 valence electrons. The molecule has 0 spiro atoms. The number of carbonyl (C=O) groups is 1. The summed E-state index contributed by atoms with van der Waals surface area (Å²) in [5.74, 6) is -2.24. The van der Waals surface area contributed by atoms with Crippen molar-refractivity contribution in [2.75, 3.05) is 71.0 Å². The molecule has 0 radical (unpaired) electrons. The molecule has 10 heteroatoms. The molecular formula is C28H37F2N3O5. The van der Waals surface area contributed by atoms with Gasteiger partial charge in [-0.1, -0.05) is 17.7 Å². The molecule has 2 N–H and O–H groups in total. The van der Waals surface area contributed by atoms with Gasteiger partial charge in [-0.05, 0) is 44.0 Å². The van der Waals surface area contributed by atoms with E-state index in [0.29, 0.717) is 45.6 Å². The van der Waals surface area contributed by atoms with Crippen molar-refractivity contribution in [1.29, 1.82) is 0 Å². The van der Waals surface area contributed by atoms with Crippen LogP contribution in [0.15, 0.2) is 42.5 Å². The second-order valence-corrected chi connectivity index (χ2v) is 10.6. The van der Waals surface area contributed by atoms with Crippen LogP contribution in [0.5, 0.6) is 5.75 Å². The highest BCUT2D eigenvalue weighted by Crippen LogP contribution is 2.29. The number of anilines is 1. The molecule has 0 saturated carbocycles. The van der Waals surface area contributed by atoms with E-state index in [0.717, 1.165) is 17.8 Å². The Bertz CT molecular complexity index is 1090. The van der Waals surface area contributed by atoms with Gasteiger partial charge in [-0.3, -0.25) is 9.69 Å². The Morgan fingerprint density at radius 1 is 0.947 bits per heavy atom. The van der Waals surface area contributed by atoms with Crippen molar-refractivity contribution in [2.24, 2.45) is 0 Å². The van der Waals surface area contributed by atoms with E-state index in [9.17, 15) is 23.8 Å². The summed E-state index contributed by atoms with van der Waals surface area (Å²) < 4.78 is 37.6. The maximum atomic E-state index is 13.7. The summed E-state index contributed by atoms with van der Waals surface area (Å²) in [7, 11) is 1.43. The van der Waals surface area contributed by atoms with Gasteiger partial charge in [-0.25, -0.2) is 8.78 Å². The fourth-order valence-corrected chi connectivity index (χ4v) is 5.19. The van der Waals surface area contributed by atoms with Crippen LogP contribution >= 0.6 is 0 Å². The number of hydrogen-bond donors (Lipinski definition) is 2. The molecule has 0 aliphatic carbocycles. The average Bonchev–Trinajstić information content (AvgIpc) is 3.04. The summed E-state index contributed by atoms with van der Waals surface area (Å²) in [6, 6.07) is 11.5. The smallest absolute Gasteiger partial charge is 0.248 e. The van der Waals surface area contributed by atoms with Crippen LogP contribution in [0, 0.1) is 18.6 Å². The first kappa shape index (κ1) is 28.2. The fraction of sp³-hybridized carbons (Fsp3) is 0.536. The SMILES string of the molecule is COCC(=O)N1CCN(CC2(O)CCN(c3ccc(C)cc3)CC2)CC(O)(COc2ccc(F)c(F)c2)C1. The molecule has 1 unspecified atom stereocenters. The van der Waals surface area contributed by atoms with Crippen molar-refractivity contribution in [3.63, 3.8) is 0 Å². The van der Waals surface area contributed by atoms with Gasteiger partial charge in [-0.2, -0.15) is 0 Å². The molecule has 2 aromatic carbocycles. The van der Waals surface area contributed by atoms with E-state index in [1.54, 1.807) is 0 Å². The fourth-order valence-electron chi connectivity index (χ4n) is 5.19. The number of aryl methyl sites for hydroxylation is 1. The number of methoxy groups -OCH3 is 1. The molecule has 2 saturated heterocycles. The molecule has 8 nitrogen and oxygen atoms in total. The molecule has 1 amide bonds. The Hall–Kier alpha value is -2.79. The molecule has 0 aromatic heterocycles. The predicted molar refractivity (Wildman–Crippen MR) is 139 cm³/mol. The highest BCUT2D eigenvalue weighted by molar-refractivity contribution is 5.77. The minimum absolute atomic E-state index is 0.0188. The van der Waals surface area contributed by atoms with Crippen LogP contribution in [0.2, 0.25) is 0 Å². The number of halogens is 2. The third-order valence-corrected chi connectivity index (χ3v) is 7.32. The maximum Gasteiger partial charge on any atom is 0.248 e. The Labute approximate surface area is 222 Å². The van der Waals surface area contributed by atoms with E-state index < -0.39 is 22.8 Å². The zero-order valence-electron chi connectivity index (χ0n) is 22.0. The molecular weight excluding hydrogens is 496 g/mol. The largest absolute Gasteiger partial charge is 0.490 e. The summed E-state index contributed by atoms with van der Waals surface area (Å²) in [5.41, 5.74) is -0.135. The highest BCUT2D eigenvalue weighted by atomic mass is 19.2. The van der Waals surface area contributed by atoms with Crippen molar-refractivity contribution < 1.29 is 33.3 Å². The van der Waals surface area contributed by atoms with Crippen molar-refractivity contribution in [1.82, 2.24) is 9.80 Å². The van der Waals surface area contributed by atoms with Gasteiger partial charge in [0.25, 0.3) is 0 Å². The van der Waals surface area contributed by atoms with Crippen LogP contribution < -0.4 is 9.64 Å². The molecule has 38 heavy (non-hydrogen) atoms. The lowest BCUT2D eigenvalue weighted by atomic mass is 9.90. The van der Waals surface area contributed by atoms with Gasteiger partial charge in [-0.15, -0.1) is 0 Å². The summed E-state index contributed by atoms with van der Waals surface area (Å²) in [5, 5.41) is 23.0. The predicted octanol–water partition coefficient (Wildman–Crippen LogP) is 2.21. The van der Waals surface area contributed by atoms with Crippen LogP contribution in [0.1, 0.15) is 18.4 Å². The number of rotatable bonds is 8. The summed E-state index contributed by atoms with van der Waals surface area (Å²) in [4.78, 5) is 18.4. The van der Waals surface area contributed by atoms with Gasteiger partial charge in [0.05, 0.1) is 12.1 Å². The molecule has 2 aromatic rings. The quantitative estimate of drug-likeness (QED) is 0.538. The number of carbonyl (C=O) groups excluding carboxylic acids is 1. The first-order valence-corrected chi connectivity index (χ1v) is 12.9. The summed E-state index contributed by atoms with van der Waals surface area (Å²) in [6.07, 6.45) is 1.13. The third-order valence-electron chi connectivity index (χ3n) is 7.32. The van der Waals surface area contributed by atoms with Crippen molar-refractivity contribution >= 4 is 11.6 Å². The Kier molecular flexibility index (Phi) is 8.87. The Balaban J connectivity index is 1.43. The molecule has 4 rings (SSSR count). The molecule has 1 atom stereocenters. The second kappa shape index (κ2) is 11.9. The van der Waals surface area contributed by atoms with Crippen molar-refractivity contribution in [2.45, 2.75) is 31.0 Å². The van der Waals surface area contributed by atoms with Gasteiger partial charge >= 0.3 is 0 Å². The van der Waals surface area contributed by atoms with E-state index in [-0.39, 0.29) is 38.0 Å². The second-order valence-electron chi connectivity index (χ2n) is 10.6. The minimum atomic E-state index is -1.51. The number of nitrogens with zero attached hydrogens (tertiary/aromatic N) is 3. The lowest BCUT2D eigenvalue weighted by Gasteiger charge is -2.42. The van der Waals surface area contributed by atoms with E-state index in [2.05, 4.69) is 29.2 Å². The number of benzene rings is 2. The minimum Gasteiger partial charge on any atom is -0.490 e. The monoisotopic (exact) mass is 533 g/mol. The number of aliphatic hydroxyl groups is 2. The number of hydrogen-bond acceptors (Lipinski definition) is 7. The van der Waals surface area contributed by atoms with E-state index in [1.165, 1.54) is 23.6 Å². The number of amides is 1. The maximum absolute atomic E-state index is 13.7. The molecule has 2 heterocycles. The van der Waals surface area contributed by atoms with Gasteiger partial charge in [0.2, 0.25) is 5.91 Å². The van der Waals surface area contributed by atoms with Gasteiger partial charge in [0.1, 0.15) is 24.6 Å². The first-order valence-electron chi connectivity index (χ1n) is 12.9. The van der Waals surface area contributed by atoms with Gasteiger partial charge in [0, 0.05) is 58.1 Å². The van der Waals surface area contributed by atoms with E-state index in [4.69, 9.17) is 9.47 Å².